The highest BCUT2D eigenvalue weighted by Crippen LogP contribution is 2.37. The van der Waals surface area contributed by atoms with E-state index in [0.717, 1.165) is 53.9 Å². The average molecular weight is 487 g/mol. The van der Waals surface area contributed by atoms with Gasteiger partial charge in [-0.25, -0.2) is 9.97 Å². The van der Waals surface area contributed by atoms with E-state index in [1.54, 1.807) is 29.7 Å². The number of hydrogen-bond acceptors (Lipinski definition) is 7. The van der Waals surface area contributed by atoms with E-state index in [4.69, 9.17) is 9.72 Å². The van der Waals surface area contributed by atoms with Gasteiger partial charge in [-0.3, -0.25) is 4.90 Å². The Morgan fingerprint density at radius 1 is 1.06 bits per heavy atom. The van der Waals surface area contributed by atoms with E-state index in [1.807, 2.05) is 42.5 Å². The van der Waals surface area contributed by atoms with E-state index >= 15 is 0 Å². The number of aromatic nitrogens is 2. The van der Waals surface area contributed by atoms with Gasteiger partial charge in [0, 0.05) is 42.7 Å². The molecule has 0 unspecified atom stereocenters. The van der Waals surface area contributed by atoms with Crippen LogP contribution in [-0.2, 0) is 24.9 Å². The van der Waals surface area contributed by atoms with E-state index in [2.05, 4.69) is 42.0 Å². The number of nitrogens with zero attached hydrogens (tertiary/aromatic N) is 3. The summed E-state index contributed by atoms with van der Waals surface area (Å²) >= 11 is 1.68. The molecular formula is C28H30N4O2S. The first-order valence-corrected chi connectivity index (χ1v) is 12.6. The van der Waals surface area contributed by atoms with Gasteiger partial charge in [-0.05, 0) is 41.3 Å². The number of anilines is 2. The van der Waals surface area contributed by atoms with Crippen LogP contribution in [0.4, 0.5) is 10.8 Å². The molecule has 1 aliphatic heterocycles. The first kappa shape index (κ1) is 23.3. The van der Waals surface area contributed by atoms with Crippen molar-refractivity contribution in [3.05, 3.63) is 88.6 Å². The molecule has 0 saturated heterocycles. The molecule has 0 spiro atoms. The van der Waals surface area contributed by atoms with Crippen LogP contribution in [0.25, 0.3) is 0 Å². The third-order valence-corrected chi connectivity index (χ3v) is 7.07. The van der Waals surface area contributed by atoms with Crippen LogP contribution < -0.4 is 10.1 Å². The Morgan fingerprint density at radius 3 is 2.66 bits per heavy atom. The normalized spacial score (nSPS) is 13.9. The Morgan fingerprint density at radius 2 is 1.86 bits per heavy atom. The molecule has 0 bridgehead atoms. The molecule has 2 N–H and O–H groups in total. The zero-order valence-corrected chi connectivity index (χ0v) is 21.1. The SMILES string of the molecule is CC(C)(C)c1ccccc1Oc1ncccc1Nc1nc2c(s1)CN(Cc1ccc(O)cc1)CC2. The number of para-hydroxylation sites is 1. The summed E-state index contributed by atoms with van der Waals surface area (Å²) in [4.78, 5) is 13.1. The average Bonchev–Trinajstić information content (AvgIpc) is 3.23. The summed E-state index contributed by atoms with van der Waals surface area (Å²) in [5.74, 6) is 1.64. The lowest BCUT2D eigenvalue weighted by Crippen LogP contribution is -2.29. The number of thiazole rings is 1. The van der Waals surface area contributed by atoms with Gasteiger partial charge in [-0.2, -0.15) is 0 Å². The number of aromatic hydroxyl groups is 1. The topological polar surface area (TPSA) is 70.5 Å². The predicted molar refractivity (Wildman–Crippen MR) is 141 cm³/mol. The van der Waals surface area contributed by atoms with E-state index in [1.165, 1.54) is 10.4 Å². The van der Waals surface area contributed by atoms with Crippen molar-refractivity contribution in [3.8, 4) is 17.4 Å². The molecule has 0 radical (unpaired) electrons. The Labute approximate surface area is 210 Å². The van der Waals surface area contributed by atoms with E-state index in [9.17, 15) is 5.11 Å². The van der Waals surface area contributed by atoms with Crippen molar-refractivity contribution in [1.82, 2.24) is 14.9 Å². The maximum Gasteiger partial charge on any atom is 0.243 e. The second-order valence-corrected chi connectivity index (χ2v) is 10.9. The number of pyridine rings is 1. The quantitative estimate of drug-likeness (QED) is 0.319. The van der Waals surface area contributed by atoms with Crippen molar-refractivity contribution in [2.75, 3.05) is 11.9 Å². The van der Waals surface area contributed by atoms with Crippen molar-refractivity contribution < 1.29 is 9.84 Å². The molecule has 4 aromatic rings. The minimum absolute atomic E-state index is 0.0423. The summed E-state index contributed by atoms with van der Waals surface area (Å²) in [5, 5.41) is 13.8. The van der Waals surface area contributed by atoms with Crippen LogP contribution in [0.5, 0.6) is 17.4 Å². The van der Waals surface area contributed by atoms with Gasteiger partial charge in [0.1, 0.15) is 17.2 Å². The summed E-state index contributed by atoms with van der Waals surface area (Å²) in [6, 6.07) is 19.4. The summed E-state index contributed by atoms with van der Waals surface area (Å²) in [6.07, 6.45) is 2.66. The summed E-state index contributed by atoms with van der Waals surface area (Å²) in [6.45, 7) is 9.22. The molecule has 0 fully saturated rings. The smallest absolute Gasteiger partial charge is 0.243 e. The van der Waals surface area contributed by atoms with Gasteiger partial charge in [0.25, 0.3) is 0 Å². The fourth-order valence-corrected chi connectivity index (χ4v) is 5.32. The van der Waals surface area contributed by atoms with Crippen LogP contribution >= 0.6 is 11.3 Å². The number of ether oxygens (including phenoxy) is 1. The maximum absolute atomic E-state index is 9.53. The van der Waals surface area contributed by atoms with Gasteiger partial charge in [0.2, 0.25) is 5.88 Å². The lowest BCUT2D eigenvalue weighted by Gasteiger charge is -2.25. The zero-order valence-electron chi connectivity index (χ0n) is 20.3. The van der Waals surface area contributed by atoms with Crippen LogP contribution in [-0.4, -0.2) is 26.5 Å². The number of hydrogen-bond donors (Lipinski definition) is 2. The molecule has 0 aliphatic carbocycles. The Bertz CT molecular complexity index is 1310. The fourth-order valence-electron chi connectivity index (χ4n) is 4.26. The second kappa shape index (κ2) is 9.68. The van der Waals surface area contributed by atoms with Crippen LogP contribution in [0.1, 0.15) is 42.5 Å². The van der Waals surface area contributed by atoms with Gasteiger partial charge in [-0.15, -0.1) is 11.3 Å². The number of benzene rings is 2. The van der Waals surface area contributed by atoms with Gasteiger partial charge >= 0.3 is 0 Å². The lowest BCUT2D eigenvalue weighted by molar-refractivity contribution is 0.247. The lowest BCUT2D eigenvalue weighted by atomic mass is 9.86. The van der Waals surface area contributed by atoms with Crippen LogP contribution in [0.2, 0.25) is 0 Å². The molecule has 180 valence electrons. The number of phenols is 1. The van der Waals surface area contributed by atoms with Crippen molar-refractivity contribution >= 4 is 22.2 Å². The van der Waals surface area contributed by atoms with Gasteiger partial charge < -0.3 is 15.2 Å². The summed E-state index contributed by atoms with van der Waals surface area (Å²) in [7, 11) is 0. The second-order valence-electron chi connectivity index (χ2n) is 9.85. The number of fused-ring (bicyclic) bond motifs is 1. The summed E-state index contributed by atoms with van der Waals surface area (Å²) in [5.41, 5.74) is 4.24. The van der Waals surface area contributed by atoms with Crippen molar-refractivity contribution in [1.29, 1.82) is 0 Å². The van der Waals surface area contributed by atoms with Gasteiger partial charge in [0.05, 0.1) is 5.69 Å². The highest BCUT2D eigenvalue weighted by molar-refractivity contribution is 7.15. The molecule has 0 atom stereocenters. The monoisotopic (exact) mass is 486 g/mol. The molecule has 5 rings (SSSR count). The highest BCUT2D eigenvalue weighted by Gasteiger charge is 2.23. The summed E-state index contributed by atoms with van der Waals surface area (Å²) < 4.78 is 6.31. The standard InChI is InChI=1S/C28H30N4O2S/c1-28(2,3)21-7-4-5-9-24(21)34-26-23(8-6-15-29-26)31-27-30-22-14-16-32(18-25(22)35-27)17-19-10-12-20(33)13-11-19/h4-13,15,33H,14,16-18H2,1-3H3,(H,30,31). The minimum Gasteiger partial charge on any atom is -0.508 e. The van der Waals surface area contributed by atoms with Gasteiger partial charge in [-0.1, -0.05) is 51.1 Å². The molecule has 3 heterocycles. The largest absolute Gasteiger partial charge is 0.508 e. The molecule has 1 aliphatic rings. The van der Waals surface area contributed by atoms with Crippen LogP contribution in [0, 0.1) is 0 Å². The maximum atomic E-state index is 9.53. The predicted octanol–water partition coefficient (Wildman–Crippen LogP) is 6.64. The van der Waals surface area contributed by atoms with Crippen molar-refractivity contribution in [2.45, 2.75) is 45.7 Å². The number of phenolic OH excluding ortho intramolecular Hbond substituents is 1. The van der Waals surface area contributed by atoms with E-state index in [0.29, 0.717) is 11.6 Å². The molecule has 0 amide bonds. The Hall–Kier alpha value is -3.42. The van der Waals surface area contributed by atoms with Crippen LogP contribution in [0.3, 0.4) is 0 Å². The Kier molecular flexibility index (Phi) is 6.45. The highest BCUT2D eigenvalue weighted by atomic mass is 32.1. The minimum atomic E-state index is -0.0423. The van der Waals surface area contributed by atoms with Crippen molar-refractivity contribution in [3.63, 3.8) is 0 Å². The Balaban J connectivity index is 1.31. The number of nitrogens with one attached hydrogen (secondary N) is 1. The zero-order chi connectivity index (χ0) is 24.4. The van der Waals surface area contributed by atoms with E-state index < -0.39 is 0 Å². The van der Waals surface area contributed by atoms with E-state index in [-0.39, 0.29) is 5.41 Å². The molecule has 0 saturated carbocycles. The molecule has 6 nitrogen and oxygen atoms in total. The number of rotatable bonds is 6. The van der Waals surface area contributed by atoms with Crippen LogP contribution in [0.15, 0.2) is 66.9 Å². The molecular weight excluding hydrogens is 456 g/mol. The fraction of sp³-hybridized carbons (Fsp3) is 0.286. The third-order valence-electron chi connectivity index (χ3n) is 6.07. The molecule has 2 aromatic heterocycles. The first-order chi connectivity index (χ1) is 16.8. The molecule has 2 aromatic carbocycles. The van der Waals surface area contributed by atoms with Gasteiger partial charge in [0.15, 0.2) is 5.13 Å². The first-order valence-electron chi connectivity index (χ1n) is 11.8. The molecule has 35 heavy (non-hydrogen) atoms. The third kappa shape index (κ3) is 5.47. The van der Waals surface area contributed by atoms with Crippen molar-refractivity contribution in [2.24, 2.45) is 0 Å². The molecule has 7 heteroatoms.